The van der Waals surface area contributed by atoms with Gasteiger partial charge in [0, 0.05) is 0 Å². The van der Waals surface area contributed by atoms with Crippen LogP contribution in [-0.4, -0.2) is 22.3 Å². The number of hydrogen-bond donors (Lipinski definition) is 2. The maximum atomic E-state index is 11.6. The van der Waals surface area contributed by atoms with E-state index in [4.69, 9.17) is 5.26 Å². The molecular weight excluding hydrogens is 272 g/mol. The number of unbranched alkanes of at least 4 members (excludes halogenated alkanes) is 2. The SMILES string of the molecule is CCCCc1ccc(C(=O)OO)c(C(=O)O)c1CCCC. The van der Waals surface area contributed by atoms with Crippen molar-refractivity contribution in [2.75, 3.05) is 0 Å². The first-order valence-electron chi connectivity index (χ1n) is 7.30. The van der Waals surface area contributed by atoms with E-state index in [1.54, 1.807) is 6.07 Å². The number of aromatic carboxylic acids is 1. The van der Waals surface area contributed by atoms with Crippen molar-refractivity contribution >= 4 is 11.9 Å². The number of carboxylic acid groups (broad SMARTS) is 1. The van der Waals surface area contributed by atoms with Gasteiger partial charge in [0.05, 0.1) is 11.1 Å². The Labute approximate surface area is 124 Å². The van der Waals surface area contributed by atoms with Crippen LogP contribution in [0.25, 0.3) is 0 Å². The molecule has 0 aliphatic rings. The number of carbonyl (C=O) groups excluding carboxylic acids is 1. The van der Waals surface area contributed by atoms with Crippen molar-refractivity contribution in [3.05, 3.63) is 34.4 Å². The Morgan fingerprint density at radius 3 is 2.24 bits per heavy atom. The molecule has 0 heterocycles. The van der Waals surface area contributed by atoms with E-state index in [-0.39, 0.29) is 11.1 Å². The van der Waals surface area contributed by atoms with Gasteiger partial charge in [-0.25, -0.2) is 9.59 Å². The Balaban J connectivity index is 3.38. The zero-order chi connectivity index (χ0) is 15.8. The van der Waals surface area contributed by atoms with Crippen molar-refractivity contribution in [1.29, 1.82) is 0 Å². The van der Waals surface area contributed by atoms with Crippen LogP contribution in [0, 0.1) is 0 Å². The van der Waals surface area contributed by atoms with Gasteiger partial charge in [-0.2, -0.15) is 5.26 Å². The summed E-state index contributed by atoms with van der Waals surface area (Å²) in [5.74, 6) is -2.20. The van der Waals surface area contributed by atoms with Crippen LogP contribution in [0.2, 0.25) is 0 Å². The van der Waals surface area contributed by atoms with Crippen molar-refractivity contribution in [3.63, 3.8) is 0 Å². The van der Waals surface area contributed by atoms with Crippen molar-refractivity contribution in [2.45, 2.75) is 52.4 Å². The summed E-state index contributed by atoms with van der Waals surface area (Å²) in [6, 6.07) is 3.18. The maximum Gasteiger partial charge on any atom is 0.373 e. The van der Waals surface area contributed by atoms with Crippen molar-refractivity contribution < 1.29 is 24.8 Å². The van der Waals surface area contributed by atoms with Gasteiger partial charge in [0.25, 0.3) is 0 Å². The summed E-state index contributed by atoms with van der Waals surface area (Å²) in [4.78, 5) is 26.8. The zero-order valence-electron chi connectivity index (χ0n) is 12.5. The molecule has 5 nitrogen and oxygen atoms in total. The summed E-state index contributed by atoms with van der Waals surface area (Å²) in [6.07, 6.45) is 5.13. The molecule has 0 fully saturated rings. The van der Waals surface area contributed by atoms with Crippen LogP contribution in [0.3, 0.4) is 0 Å². The topological polar surface area (TPSA) is 83.8 Å². The van der Waals surface area contributed by atoms with Gasteiger partial charge >= 0.3 is 11.9 Å². The third kappa shape index (κ3) is 4.29. The number of aryl methyl sites for hydroxylation is 1. The van der Waals surface area contributed by atoms with E-state index < -0.39 is 11.9 Å². The predicted octanol–water partition coefficient (Wildman–Crippen LogP) is 3.70. The van der Waals surface area contributed by atoms with Gasteiger partial charge in [0.15, 0.2) is 0 Å². The molecule has 1 rings (SSSR count). The highest BCUT2D eigenvalue weighted by Crippen LogP contribution is 2.24. The fourth-order valence-corrected chi connectivity index (χ4v) is 2.40. The van der Waals surface area contributed by atoms with E-state index in [9.17, 15) is 14.7 Å². The lowest BCUT2D eigenvalue weighted by atomic mass is 9.90. The molecule has 0 bridgehead atoms. The standard InChI is InChI=1S/C16H22O5/c1-3-5-7-11-9-10-13(16(19)21-20)14(15(17)18)12(11)8-6-4-2/h9-10,20H,3-8H2,1-2H3,(H,17,18). The lowest BCUT2D eigenvalue weighted by molar-refractivity contribution is -0.182. The highest BCUT2D eigenvalue weighted by atomic mass is 17.1. The monoisotopic (exact) mass is 294 g/mol. The molecule has 0 amide bonds. The minimum Gasteiger partial charge on any atom is -0.478 e. The largest absolute Gasteiger partial charge is 0.478 e. The average molecular weight is 294 g/mol. The van der Waals surface area contributed by atoms with E-state index in [1.807, 2.05) is 6.92 Å². The highest BCUT2D eigenvalue weighted by Gasteiger charge is 2.23. The van der Waals surface area contributed by atoms with Crippen LogP contribution >= 0.6 is 0 Å². The van der Waals surface area contributed by atoms with Crippen LogP contribution in [0.5, 0.6) is 0 Å². The second-order valence-corrected chi connectivity index (χ2v) is 5.02. The number of rotatable bonds is 8. The van der Waals surface area contributed by atoms with E-state index >= 15 is 0 Å². The van der Waals surface area contributed by atoms with Crippen molar-refractivity contribution in [2.24, 2.45) is 0 Å². The average Bonchev–Trinajstić information content (AvgIpc) is 2.49. The third-order valence-electron chi connectivity index (χ3n) is 3.51. The molecule has 5 heteroatoms. The van der Waals surface area contributed by atoms with Crippen LogP contribution in [-0.2, 0) is 17.7 Å². The number of hydrogen-bond acceptors (Lipinski definition) is 4. The van der Waals surface area contributed by atoms with E-state index in [0.29, 0.717) is 12.0 Å². The first kappa shape index (κ1) is 17.2. The summed E-state index contributed by atoms with van der Waals surface area (Å²) in [5.41, 5.74) is 1.49. The lowest BCUT2D eigenvalue weighted by Gasteiger charge is -2.15. The van der Waals surface area contributed by atoms with Crippen molar-refractivity contribution in [1.82, 2.24) is 0 Å². The Morgan fingerprint density at radius 1 is 1.10 bits per heavy atom. The Morgan fingerprint density at radius 2 is 1.71 bits per heavy atom. The minimum absolute atomic E-state index is 0.0453. The number of benzene rings is 1. The minimum atomic E-state index is -1.17. The molecule has 1 aromatic carbocycles. The molecule has 0 aliphatic heterocycles. The molecule has 0 radical (unpaired) electrons. The molecule has 116 valence electrons. The molecule has 0 saturated carbocycles. The van der Waals surface area contributed by atoms with E-state index in [0.717, 1.165) is 37.7 Å². The molecule has 0 aromatic heterocycles. The molecular formula is C16H22O5. The lowest BCUT2D eigenvalue weighted by Crippen LogP contribution is -2.15. The Hall–Kier alpha value is -1.88. The normalized spacial score (nSPS) is 10.4. The second kappa shape index (κ2) is 8.42. The Kier molecular flexibility index (Phi) is 6.88. The quantitative estimate of drug-likeness (QED) is 0.564. The van der Waals surface area contributed by atoms with Gasteiger partial charge in [-0.3, -0.25) is 4.89 Å². The predicted molar refractivity (Wildman–Crippen MR) is 78.7 cm³/mol. The maximum absolute atomic E-state index is 11.6. The summed E-state index contributed by atoms with van der Waals surface area (Å²) >= 11 is 0. The molecule has 1 aromatic rings. The zero-order valence-corrected chi connectivity index (χ0v) is 12.5. The molecule has 21 heavy (non-hydrogen) atoms. The van der Waals surface area contributed by atoms with Crippen LogP contribution in [0.4, 0.5) is 0 Å². The smallest absolute Gasteiger partial charge is 0.373 e. The van der Waals surface area contributed by atoms with E-state index in [2.05, 4.69) is 11.8 Å². The molecule has 0 unspecified atom stereocenters. The van der Waals surface area contributed by atoms with Gasteiger partial charge in [-0.15, -0.1) is 0 Å². The van der Waals surface area contributed by atoms with Crippen LogP contribution < -0.4 is 0 Å². The van der Waals surface area contributed by atoms with Crippen LogP contribution in [0.1, 0.15) is 71.4 Å². The Bertz CT molecular complexity index is 508. The molecule has 2 N–H and O–H groups in total. The molecule has 0 saturated heterocycles. The van der Waals surface area contributed by atoms with Gasteiger partial charge in [-0.1, -0.05) is 32.8 Å². The fraction of sp³-hybridized carbons (Fsp3) is 0.500. The third-order valence-corrected chi connectivity index (χ3v) is 3.51. The fourth-order valence-electron chi connectivity index (χ4n) is 2.40. The number of carbonyl (C=O) groups is 2. The highest BCUT2D eigenvalue weighted by molar-refractivity contribution is 6.03. The molecule has 0 aliphatic carbocycles. The summed E-state index contributed by atoms with van der Waals surface area (Å²) in [5, 5.41) is 18.0. The first-order valence-corrected chi connectivity index (χ1v) is 7.30. The first-order chi connectivity index (χ1) is 10.1. The number of carboxylic acids is 1. The van der Waals surface area contributed by atoms with Gasteiger partial charge < -0.3 is 5.11 Å². The van der Waals surface area contributed by atoms with Crippen LogP contribution in [0.15, 0.2) is 12.1 Å². The van der Waals surface area contributed by atoms with Gasteiger partial charge in [0.2, 0.25) is 0 Å². The van der Waals surface area contributed by atoms with Gasteiger partial charge in [0.1, 0.15) is 0 Å². The summed E-state index contributed by atoms with van der Waals surface area (Å²) in [7, 11) is 0. The van der Waals surface area contributed by atoms with E-state index in [1.165, 1.54) is 6.07 Å². The summed E-state index contributed by atoms with van der Waals surface area (Å²) < 4.78 is 0. The molecule has 0 atom stereocenters. The summed E-state index contributed by atoms with van der Waals surface area (Å²) in [6.45, 7) is 4.10. The van der Waals surface area contributed by atoms with Crippen molar-refractivity contribution in [3.8, 4) is 0 Å². The van der Waals surface area contributed by atoms with Gasteiger partial charge in [-0.05, 0) is 42.9 Å². The second-order valence-electron chi connectivity index (χ2n) is 5.02. The molecule has 0 spiro atoms.